The van der Waals surface area contributed by atoms with Crippen LogP contribution in [0.1, 0.15) is 21.7 Å². The van der Waals surface area contributed by atoms with E-state index in [4.69, 9.17) is 19.1 Å². The number of rotatable bonds is 7. The summed E-state index contributed by atoms with van der Waals surface area (Å²) in [5, 5.41) is 13.6. The maximum absolute atomic E-state index is 13.8. The summed E-state index contributed by atoms with van der Waals surface area (Å²) < 4.78 is 14.0. The van der Waals surface area contributed by atoms with Crippen LogP contribution in [-0.4, -0.2) is 32.0 Å². The molecule has 0 radical (unpaired) electrons. The molecule has 5 aromatic heterocycles. The molecule has 0 aliphatic rings. The van der Waals surface area contributed by atoms with Crippen LogP contribution in [-0.2, 0) is 6.54 Å². The predicted molar refractivity (Wildman–Crippen MR) is 173 cm³/mol. The zero-order chi connectivity index (χ0) is 31.1. The van der Waals surface area contributed by atoms with Crippen LogP contribution in [0.3, 0.4) is 0 Å². The average Bonchev–Trinajstić information content (AvgIpc) is 3.73. The van der Waals surface area contributed by atoms with Crippen molar-refractivity contribution in [3.8, 4) is 27.6 Å². The number of benzene rings is 2. The molecule has 0 fully saturated rings. The first kappa shape index (κ1) is 28.0. The van der Waals surface area contributed by atoms with Crippen molar-refractivity contribution in [3.63, 3.8) is 0 Å². The van der Waals surface area contributed by atoms with Crippen LogP contribution < -0.4 is 21.1 Å². The minimum atomic E-state index is -0.312. The van der Waals surface area contributed by atoms with Crippen LogP contribution in [0.5, 0.6) is 5.75 Å². The number of nitrogens with zero attached hydrogens (tertiary/aromatic N) is 4. The van der Waals surface area contributed by atoms with E-state index in [2.05, 4.69) is 5.32 Å². The number of furan rings is 1. The molecule has 1 amide bonds. The highest BCUT2D eigenvalue weighted by Gasteiger charge is 2.22. The van der Waals surface area contributed by atoms with Gasteiger partial charge in [-0.2, -0.15) is 0 Å². The van der Waals surface area contributed by atoms with Crippen molar-refractivity contribution < 1.29 is 13.9 Å². The number of hydrogen-bond acceptors (Lipinski definition) is 8. The number of hydrogen-bond donors (Lipinski definition) is 2. The molecule has 0 aliphatic carbocycles. The normalized spacial score (nSPS) is 11.2. The van der Waals surface area contributed by atoms with Gasteiger partial charge in [-0.1, -0.05) is 47.2 Å². The summed E-state index contributed by atoms with van der Waals surface area (Å²) in [5.41, 5.74) is 3.98. The molecule has 7 rings (SSSR count). The van der Waals surface area contributed by atoms with E-state index in [-0.39, 0.29) is 23.5 Å². The van der Waals surface area contributed by atoms with Crippen LogP contribution in [0.2, 0.25) is 0 Å². The van der Waals surface area contributed by atoms with Gasteiger partial charge in [0.15, 0.2) is 0 Å². The second-order valence-corrected chi connectivity index (χ2v) is 11.4. The topological polar surface area (TPSA) is 128 Å². The highest BCUT2D eigenvalue weighted by atomic mass is 32.1. The molecule has 0 spiro atoms. The predicted octanol–water partition coefficient (Wildman–Crippen LogP) is 6.13. The summed E-state index contributed by atoms with van der Waals surface area (Å²) in [5.74, 6) is 0.939. The van der Waals surface area contributed by atoms with Crippen LogP contribution in [0, 0.1) is 12.3 Å². The summed E-state index contributed by atoms with van der Waals surface area (Å²) in [6.07, 6.45) is 3.23. The number of aromatic nitrogens is 4. The molecule has 0 bridgehead atoms. The van der Waals surface area contributed by atoms with Gasteiger partial charge < -0.3 is 19.0 Å². The van der Waals surface area contributed by atoms with Crippen LogP contribution in [0.15, 0.2) is 107 Å². The fourth-order valence-electron chi connectivity index (χ4n) is 5.11. The van der Waals surface area contributed by atoms with Crippen molar-refractivity contribution in [3.05, 3.63) is 130 Å². The van der Waals surface area contributed by atoms with Crippen LogP contribution in [0.25, 0.3) is 38.5 Å². The molecular formula is C34H26N6O4S. The van der Waals surface area contributed by atoms with Gasteiger partial charge in [-0.3, -0.25) is 19.4 Å². The summed E-state index contributed by atoms with van der Waals surface area (Å²) in [6, 6.07) is 25.2. The van der Waals surface area contributed by atoms with Crippen molar-refractivity contribution in [1.29, 1.82) is 5.41 Å². The lowest BCUT2D eigenvalue weighted by molar-refractivity contribution is 0.102. The first-order valence-corrected chi connectivity index (χ1v) is 14.9. The molecule has 11 heteroatoms. The van der Waals surface area contributed by atoms with Gasteiger partial charge in [-0.15, -0.1) is 0 Å². The van der Waals surface area contributed by atoms with Crippen molar-refractivity contribution in [2.75, 3.05) is 12.4 Å². The van der Waals surface area contributed by atoms with E-state index < -0.39 is 0 Å². The Morgan fingerprint density at radius 3 is 2.56 bits per heavy atom. The number of nitrogens with one attached hydrogen (secondary N) is 2. The molecule has 5 heterocycles. The summed E-state index contributed by atoms with van der Waals surface area (Å²) in [7, 11) is 1.57. The molecule has 0 atom stereocenters. The molecule has 2 N–H and O–H groups in total. The number of amides is 1. The highest BCUT2D eigenvalue weighted by Crippen LogP contribution is 2.38. The van der Waals surface area contributed by atoms with Crippen molar-refractivity contribution in [2.24, 2.45) is 0 Å². The number of pyridine rings is 2. The number of carbonyl (C=O) groups is 1. The maximum Gasteiger partial charge on any atom is 0.267 e. The fourth-order valence-corrected chi connectivity index (χ4v) is 6.11. The van der Waals surface area contributed by atoms with Gasteiger partial charge in [0.2, 0.25) is 0 Å². The first-order chi connectivity index (χ1) is 21.9. The standard InChI is InChI=1S/C34H26N6O4S/c1-20-8-10-21(11-9-20)28-33(38-31(41)22-12-14-23(43-2)15-13-22)45-32(37-28)25-18-26-30(36-27-7-3-4-16-39(27)34(26)42)40(29(25)35)19-24-6-5-17-44-24/h3-18,35H,19H2,1-2H3,(H,38,41). The molecule has 45 heavy (non-hydrogen) atoms. The van der Waals surface area contributed by atoms with Gasteiger partial charge in [0.05, 0.1) is 30.9 Å². The van der Waals surface area contributed by atoms with Crippen molar-refractivity contribution in [2.45, 2.75) is 13.5 Å². The van der Waals surface area contributed by atoms with E-state index in [1.165, 1.54) is 15.7 Å². The van der Waals surface area contributed by atoms with Gasteiger partial charge in [0.25, 0.3) is 11.5 Å². The number of ether oxygens (including phenoxy) is 1. The number of fused-ring (bicyclic) bond motifs is 2. The van der Waals surface area contributed by atoms with E-state index in [0.717, 1.165) is 11.1 Å². The van der Waals surface area contributed by atoms with Gasteiger partial charge >= 0.3 is 0 Å². The molecule has 7 aromatic rings. The quantitative estimate of drug-likeness (QED) is 0.208. The number of carbonyl (C=O) groups excluding carboxylic acids is 1. The Morgan fingerprint density at radius 2 is 1.82 bits per heavy atom. The zero-order valence-corrected chi connectivity index (χ0v) is 25.1. The monoisotopic (exact) mass is 614 g/mol. The second kappa shape index (κ2) is 11.4. The van der Waals surface area contributed by atoms with E-state index in [1.807, 2.05) is 43.3 Å². The Bertz CT molecular complexity index is 2320. The number of thiazole rings is 1. The van der Waals surface area contributed by atoms with Crippen molar-refractivity contribution in [1.82, 2.24) is 18.9 Å². The second-order valence-electron chi connectivity index (χ2n) is 10.4. The average molecular weight is 615 g/mol. The highest BCUT2D eigenvalue weighted by molar-refractivity contribution is 7.19. The van der Waals surface area contributed by atoms with Crippen LogP contribution >= 0.6 is 11.3 Å². The van der Waals surface area contributed by atoms with Crippen molar-refractivity contribution >= 4 is 38.9 Å². The van der Waals surface area contributed by atoms with E-state index in [0.29, 0.717) is 55.0 Å². The Morgan fingerprint density at radius 1 is 1.02 bits per heavy atom. The molecule has 0 unspecified atom stereocenters. The van der Waals surface area contributed by atoms with Crippen LogP contribution in [0.4, 0.5) is 5.00 Å². The third-order valence-electron chi connectivity index (χ3n) is 7.47. The zero-order valence-electron chi connectivity index (χ0n) is 24.3. The third kappa shape index (κ3) is 5.19. The number of aryl methyl sites for hydroxylation is 1. The Labute approximate surface area is 260 Å². The molecular weight excluding hydrogens is 588 g/mol. The first-order valence-electron chi connectivity index (χ1n) is 14.0. The van der Waals surface area contributed by atoms with Gasteiger partial charge in [-0.05, 0) is 61.5 Å². The van der Waals surface area contributed by atoms with E-state index in [9.17, 15) is 15.0 Å². The van der Waals surface area contributed by atoms with Gasteiger partial charge in [-0.25, -0.2) is 9.97 Å². The molecule has 0 saturated carbocycles. The molecule has 2 aromatic carbocycles. The Balaban J connectivity index is 1.42. The molecule has 0 saturated heterocycles. The lowest BCUT2D eigenvalue weighted by atomic mass is 10.1. The SMILES string of the molecule is COc1ccc(C(=O)Nc2sc(-c3cc4c(=O)n5ccccc5nc4n(Cc4ccco4)c3=N)nc2-c2ccc(C)cc2)cc1. The van der Waals surface area contributed by atoms with E-state index >= 15 is 0 Å². The Kier molecular flexibility index (Phi) is 7.07. The fraction of sp³-hybridized carbons (Fsp3) is 0.0882. The number of methoxy groups -OCH3 is 1. The third-order valence-corrected chi connectivity index (χ3v) is 8.48. The lowest BCUT2D eigenvalue weighted by Crippen LogP contribution is -2.27. The van der Waals surface area contributed by atoms with Gasteiger partial charge in [0, 0.05) is 17.3 Å². The minimum absolute atomic E-state index is 0.100. The summed E-state index contributed by atoms with van der Waals surface area (Å²) >= 11 is 1.24. The van der Waals surface area contributed by atoms with E-state index in [1.54, 1.807) is 72.7 Å². The number of anilines is 1. The summed E-state index contributed by atoms with van der Waals surface area (Å²) in [6.45, 7) is 2.18. The largest absolute Gasteiger partial charge is 0.497 e. The maximum atomic E-state index is 13.8. The summed E-state index contributed by atoms with van der Waals surface area (Å²) in [4.78, 5) is 36.8. The minimum Gasteiger partial charge on any atom is -0.497 e. The smallest absolute Gasteiger partial charge is 0.267 e. The molecule has 222 valence electrons. The molecule has 0 aliphatic heterocycles. The Hall–Kier alpha value is -5.81. The lowest BCUT2D eigenvalue weighted by Gasteiger charge is -2.13. The van der Waals surface area contributed by atoms with Gasteiger partial charge in [0.1, 0.15) is 44.0 Å². The molecule has 10 nitrogen and oxygen atoms in total.